The predicted molar refractivity (Wildman–Crippen MR) is 59.2 cm³/mol. The van der Waals surface area contributed by atoms with Gasteiger partial charge < -0.3 is 0 Å². The Morgan fingerprint density at radius 3 is 2.92 bits per heavy atom. The van der Waals surface area contributed by atoms with Crippen molar-refractivity contribution in [2.75, 3.05) is 5.33 Å². The van der Waals surface area contributed by atoms with E-state index in [1.165, 1.54) is 12.1 Å². The van der Waals surface area contributed by atoms with Crippen molar-refractivity contribution >= 4 is 15.9 Å². The molecule has 0 aliphatic rings. The fraction of sp³-hybridized carbons (Fsp3) is 0.700. The first-order valence-electron chi connectivity index (χ1n) is 4.80. The van der Waals surface area contributed by atoms with E-state index in [0.29, 0.717) is 5.92 Å². The molecule has 0 fully saturated rings. The fourth-order valence-electron chi connectivity index (χ4n) is 1.26. The van der Waals surface area contributed by atoms with Crippen LogP contribution >= 0.6 is 15.9 Å². The Hall–Kier alpha value is -0.310. The lowest BCUT2D eigenvalue weighted by atomic mass is 10.2. The van der Waals surface area contributed by atoms with Crippen molar-refractivity contribution < 1.29 is 0 Å². The van der Waals surface area contributed by atoms with Gasteiger partial charge in [0, 0.05) is 18.1 Å². The van der Waals surface area contributed by atoms with E-state index in [0.717, 1.165) is 18.3 Å². The molecule has 1 aromatic rings. The van der Waals surface area contributed by atoms with Crippen LogP contribution in [0, 0.1) is 5.92 Å². The summed E-state index contributed by atoms with van der Waals surface area (Å²) in [5, 5.41) is 5.54. The quantitative estimate of drug-likeness (QED) is 0.729. The van der Waals surface area contributed by atoms with E-state index in [1.54, 1.807) is 0 Å². The zero-order valence-corrected chi connectivity index (χ0v) is 9.92. The maximum Gasteiger partial charge on any atom is 0.0624 e. The molecule has 1 aromatic heterocycles. The highest BCUT2D eigenvalue weighted by Crippen LogP contribution is 2.04. The SMILES string of the molecule is CC(C)Cn1ccc(CCCBr)n1. The topological polar surface area (TPSA) is 17.8 Å². The molecule has 0 aliphatic heterocycles. The van der Waals surface area contributed by atoms with Gasteiger partial charge in [0.15, 0.2) is 0 Å². The maximum absolute atomic E-state index is 4.48. The minimum absolute atomic E-state index is 0.670. The van der Waals surface area contributed by atoms with Crippen LogP contribution in [0.15, 0.2) is 12.3 Å². The van der Waals surface area contributed by atoms with Crippen LogP contribution < -0.4 is 0 Å². The predicted octanol–water partition coefficient (Wildman–Crippen LogP) is 2.87. The summed E-state index contributed by atoms with van der Waals surface area (Å²) in [7, 11) is 0. The molecular weight excluding hydrogens is 228 g/mol. The Kier molecular flexibility index (Phi) is 4.50. The highest BCUT2D eigenvalue weighted by molar-refractivity contribution is 9.09. The molecule has 3 heteroatoms. The molecule has 13 heavy (non-hydrogen) atoms. The van der Waals surface area contributed by atoms with Gasteiger partial charge in [0.05, 0.1) is 5.69 Å². The first-order chi connectivity index (χ1) is 6.22. The summed E-state index contributed by atoms with van der Waals surface area (Å²) in [6.45, 7) is 5.44. The number of nitrogens with zero attached hydrogens (tertiary/aromatic N) is 2. The summed E-state index contributed by atoms with van der Waals surface area (Å²) < 4.78 is 2.04. The first-order valence-corrected chi connectivity index (χ1v) is 5.93. The zero-order valence-electron chi connectivity index (χ0n) is 8.33. The van der Waals surface area contributed by atoms with Crippen LogP contribution in [0.25, 0.3) is 0 Å². The van der Waals surface area contributed by atoms with Crippen molar-refractivity contribution in [1.29, 1.82) is 0 Å². The molecule has 0 saturated carbocycles. The van der Waals surface area contributed by atoms with Crippen LogP contribution in [0.2, 0.25) is 0 Å². The highest BCUT2D eigenvalue weighted by atomic mass is 79.9. The van der Waals surface area contributed by atoms with Crippen molar-refractivity contribution in [1.82, 2.24) is 9.78 Å². The second-order valence-electron chi connectivity index (χ2n) is 3.72. The molecule has 1 rings (SSSR count). The monoisotopic (exact) mass is 244 g/mol. The lowest BCUT2D eigenvalue weighted by Crippen LogP contribution is -2.05. The molecule has 0 aliphatic carbocycles. The van der Waals surface area contributed by atoms with Gasteiger partial charge in [-0.1, -0.05) is 29.8 Å². The van der Waals surface area contributed by atoms with Gasteiger partial charge in [-0.05, 0) is 24.8 Å². The Labute approximate surface area is 88.5 Å². The summed E-state index contributed by atoms with van der Waals surface area (Å²) in [5.41, 5.74) is 1.21. The highest BCUT2D eigenvalue weighted by Gasteiger charge is 2.00. The molecule has 0 saturated heterocycles. The van der Waals surface area contributed by atoms with E-state index in [-0.39, 0.29) is 0 Å². The number of hydrogen-bond acceptors (Lipinski definition) is 1. The second kappa shape index (κ2) is 5.43. The number of halogens is 1. The van der Waals surface area contributed by atoms with Gasteiger partial charge in [-0.15, -0.1) is 0 Å². The van der Waals surface area contributed by atoms with Gasteiger partial charge in [-0.25, -0.2) is 0 Å². The van der Waals surface area contributed by atoms with Crippen molar-refractivity contribution in [2.24, 2.45) is 5.92 Å². The summed E-state index contributed by atoms with van der Waals surface area (Å²) in [6.07, 6.45) is 4.32. The van der Waals surface area contributed by atoms with Gasteiger partial charge in [0.1, 0.15) is 0 Å². The summed E-state index contributed by atoms with van der Waals surface area (Å²) in [5.74, 6) is 0.670. The van der Waals surface area contributed by atoms with E-state index < -0.39 is 0 Å². The summed E-state index contributed by atoms with van der Waals surface area (Å²) in [4.78, 5) is 0. The normalized spacial score (nSPS) is 11.1. The van der Waals surface area contributed by atoms with Crippen LogP contribution in [0.3, 0.4) is 0 Å². The Morgan fingerprint density at radius 1 is 1.54 bits per heavy atom. The van der Waals surface area contributed by atoms with E-state index in [2.05, 4.69) is 47.1 Å². The second-order valence-corrected chi connectivity index (χ2v) is 4.51. The minimum Gasteiger partial charge on any atom is -0.272 e. The van der Waals surface area contributed by atoms with E-state index in [4.69, 9.17) is 0 Å². The van der Waals surface area contributed by atoms with Gasteiger partial charge in [0.25, 0.3) is 0 Å². The van der Waals surface area contributed by atoms with Crippen molar-refractivity contribution in [2.45, 2.75) is 33.2 Å². The fourth-order valence-corrected chi connectivity index (χ4v) is 1.54. The number of hydrogen-bond donors (Lipinski definition) is 0. The van der Waals surface area contributed by atoms with Crippen LogP contribution in [0.4, 0.5) is 0 Å². The zero-order chi connectivity index (χ0) is 9.68. The van der Waals surface area contributed by atoms with Gasteiger partial charge >= 0.3 is 0 Å². The first kappa shape index (κ1) is 10.8. The third kappa shape index (κ3) is 3.94. The molecule has 0 bridgehead atoms. The Morgan fingerprint density at radius 2 is 2.31 bits per heavy atom. The number of alkyl halides is 1. The van der Waals surface area contributed by atoms with E-state index in [1.807, 2.05) is 4.68 Å². The number of aromatic nitrogens is 2. The Bertz CT molecular complexity index is 243. The number of rotatable bonds is 5. The molecule has 0 radical (unpaired) electrons. The molecule has 2 nitrogen and oxygen atoms in total. The minimum atomic E-state index is 0.670. The Balaban J connectivity index is 2.44. The van der Waals surface area contributed by atoms with Crippen molar-refractivity contribution in [3.05, 3.63) is 18.0 Å². The van der Waals surface area contributed by atoms with Crippen molar-refractivity contribution in [3.63, 3.8) is 0 Å². The molecular formula is C10H17BrN2. The molecule has 0 unspecified atom stereocenters. The molecule has 0 aromatic carbocycles. The maximum atomic E-state index is 4.48. The molecule has 0 spiro atoms. The molecule has 0 amide bonds. The average molecular weight is 245 g/mol. The summed E-state index contributed by atoms with van der Waals surface area (Å²) in [6, 6.07) is 2.12. The molecule has 74 valence electrons. The summed E-state index contributed by atoms with van der Waals surface area (Å²) >= 11 is 3.42. The number of aryl methyl sites for hydroxylation is 1. The molecule has 0 atom stereocenters. The van der Waals surface area contributed by atoms with Crippen LogP contribution in [0.5, 0.6) is 0 Å². The van der Waals surface area contributed by atoms with Crippen LogP contribution in [-0.2, 0) is 13.0 Å². The average Bonchev–Trinajstić information content (AvgIpc) is 2.48. The van der Waals surface area contributed by atoms with Crippen LogP contribution in [-0.4, -0.2) is 15.1 Å². The van der Waals surface area contributed by atoms with Crippen molar-refractivity contribution in [3.8, 4) is 0 Å². The van der Waals surface area contributed by atoms with E-state index >= 15 is 0 Å². The van der Waals surface area contributed by atoms with E-state index in [9.17, 15) is 0 Å². The largest absolute Gasteiger partial charge is 0.272 e. The third-order valence-corrected chi connectivity index (χ3v) is 2.38. The molecule has 0 N–H and O–H groups in total. The third-order valence-electron chi connectivity index (χ3n) is 1.81. The standard InChI is InChI=1S/C10H17BrN2/c1-9(2)8-13-7-5-10(12-13)4-3-6-11/h5,7,9H,3-4,6,8H2,1-2H3. The smallest absolute Gasteiger partial charge is 0.0624 e. The lowest BCUT2D eigenvalue weighted by Gasteiger charge is -2.03. The van der Waals surface area contributed by atoms with Crippen LogP contribution in [0.1, 0.15) is 26.0 Å². The van der Waals surface area contributed by atoms with Gasteiger partial charge in [0.2, 0.25) is 0 Å². The molecule has 1 heterocycles. The lowest BCUT2D eigenvalue weighted by molar-refractivity contribution is 0.479. The van der Waals surface area contributed by atoms with Gasteiger partial charge in [-0.3, -0.25) is 4.68 Å². The van der Waals surface area contributed by atoms with Gasteiger partial charge in [-0.2, -0.15) is 5.10 Å².